The molecule has 18 heavy (non-hydrogen) atoms. The van der Waals surface area contributed by atoms with Gasteiger partial charge in [0, 0.05) is 5.39 Å². The molecule has 1 atom stereocenters. The molecule has 2 rings (SSSR count). The molecule has 2 N–H and O–H groups in total. The monoisotopic (exact) mass is 251 g/mol. The molecular formula is C12H10FNO4. The van der Waals surface area contributed by atoms with E-state index in [2.05, 4.69) is 5.32 Å². The van der Waals surface area contributed by atoms with E-state index in [1.165, 1.54) is 31.2 Å². The summed E-state index contributed by atoms with van der Waals surface area (Å²) in [6.45, 7) is 1.34. The van der Waals surface area contributed by atoms with Crippen molar-refractivity contribution in [2.75, 3.05) is 0 Å². The highest BCUT2D eigenvalue weighted by Gasteiger charge is 2.18. The van der Waals surface area contributed by atoms with Crippen LogP contribution in [0.2, 0.25) is 0 Å². The normalized spacial score (nSPS) is 12.3. The third-order valence-electron chi connectivity index (χ3n) is 2.42. The number of hydrogen-bond acceptors (Lipinski definition) is 3. The molecule has 0 aliphatic carbocycles. The molecule has 1 aromatic heterocycles. The summed E-state index contributed by atoms with van der Waals surface area (Å²) in [6, 6.07) is 4.19. The van der Waals surface area contributed by atoms with Gasteiger partial charge >= 0.3 is 5.97 Å². The van der Waals surface area contributed by atoms with Crippen LogP contribution in [0.25, 0.3) is 11.0 Å². The van der Waals surface area contributed by atoms with Crippen molar-refractivity contribution in [2.45, 2.75) is 13.0 Å². The predicted octanol–water partition coefficient (Wildman–Crippen LogP) is 1.77. The average Bonchev–Trinajstić information content (AvgIpc) is 2.71. The van der Waals surface area contributed by atoms with Gasteiger partial charge < -0.3 is 14.8 Å². The molecule has 1 aromatic carbocycles. The van der Waals surface area contributed by atoms with Crippen molar-refractivity contribution >= 4 is 22.8 Å². The standard InChI is InChI=1S/C12H10FNO4/c1-6(12(16)17)14-11(15)10-5-7-4-8(13)2-3-9(7)18-10/h2-6H,1H3,(H,14,15)(H,16,17)/t6-/m1/s1. The minimum atomic E-state index is -1.15. The lowest BCUT2D eigenvalue weighted by Gasteiger charge is -2.06. The smallest absolute Gasteiger partial charge is 0.325 e. The molecule has 0 radical (unpaired) electrons. The molecule has 0 unspecified atom stereocenters. The molecule has 0 saturated heterocycles. The Morgan fingerprint density at radius 2 is 2.11 bits per heavy atom. The second-order valence-corrected chi connectivity index (χ2v) is 3.83. The van der Waals surface area contributed by atoms with E-state index in [9.17, 15) is 14.0 Å². The predicted molar refractivity (Wildman–Crippen MR) is 60.7 cm³/mol. The molecule has 0 bridgehead atoms. The maximum Gasteiger partial charge on any atom is 0.325 e. The van der Waals surface area contributed by atoms with Crippen LogP contribution in [0, 0.1) is 5.82 Å². The number of carboxylic acid groups (broad SMARTS) is 1. The van der Waals surface area contributed by atoms with Crippen molar-refractivity contribution in [1.29, 1.82) is 0 Å². The number of nitrogens with one attached hydrogen (secondary N) is 1. The first-order chi connectivity index (χ1) is 8.47. The van der Waals surface area contributed by atoms with Crippen molar-refractivity contribution in [1.82, 2.24) is 5.32 Å². The third-order valence-corrected chi connectivity index (χ3v) is 2.42. The minimum Gasteiger partial charge on any atom is -0.480 e. The summed E-state index contributed by atoms with van der Waals surface area (Å²) >= 11 is 0. The van der Waals surface area contributed by atoms with Crippen LogP contribution in [0.4, 0.5) is 4.39 Å². The molecule has 94 valence electrons. The van der Waals surface area contributed by atoms with Gasteiger partial charge in [0.05, 0.1) is 0 Å². The molecule has 5 nitrogen and oxygen atoms in total. The van der Waals surface area contributed by atoms with Crippen LogP contribution < -0.4 is 5.32 Å². The number of fused-ring (bicyclic) bond motifs is 1. The summed E-state index contributed by atoms with van der Waals surface area (Å²) in [6.07, 6.45) is 0. The van der Waals surface area contributed by atoms with E-state index in [1.807, 2.05) is 0 Å². The molecule has 1 amide bonds. The third kappa shape index (κ3) is 2.32. The second kappa shape index (κ2) is 4.48. The molecule has 2 aromatic rings. The number of furan rings is 1. The van der Waals surface area contributed by atoms with Gasteiger partial charge in [0.25, 0.3) is 5.91 Å². The number of carboxylic acids is 1. The van der Waals surface area contributed by atoms with E-state index in [4.69, 9.17) is 9.52 Å². The van der Waals surface area contributed by atoms with E-state index in [0.29, 0.717) is 11.0 Å². The molecular weight excluding hydrogens is 241 g/mol. The molecule has 0 fully saturated rings. The summed E-state index contributed by atoms with van der Waals surface area (Å²) in [5, 5.41) is 11.4. The van der Waals surface area contributed by atoms with Crippen LogP contribution in [-0.2, 0) is 4.79 Å². The molecule has 0 aliphatic rings. The van der Waals surface area contributed by atoms with Crippen molar-refractivity contribution < 1.29 is 23.5 Å². The van der Waals surface area contributed by atoms with Crippen molar-refractivity contribution in [3.05, 3.63) is 35.8 Å². The van der Waals surface area contributed by atoms with Crippen LogP contribution in [0.3, 0.4) is 0 Å². The summed E-state index contributed by atoms with van der Waals surface area (Å²) in [7, 11) is 0. The molecule has 1 heterocycles. The Balaban J connectivity index is 2.26. The van der Waals surface area contributed by atoms with Crippen LogP contribution in [-0.4, -0.2) is 23.0 Å². The van der Waals surface area contributed by atoms with Crippen LogP contribution in [0.15, 0.2) is 28.7 Å². The second-order valence-electron chi connectivity index (χ2n) is 3.83. The van der Waals surface area contributed by atoms with Crippen molar-refractivity contribution in [3.63, 3.8) is 0 Å². The fraction of sp³-hybridized carbons (Fsp3) is 0.167. The quantitative estimate of drug-likeness (QED) is 0.871. The van der Waals surface area contributed by atoms with Crippen LogP contribution in [0.5, 0.6) is 0 Å². The number of amides is 1. The van der Waals surface area contributed by atoms with E-state index in [0.717, 1.165) is 0 Å². The zero-order valence-electron chi connectivity index (χ0n) is 9.44. The molecule has 0 aliphatic heterocycles. The summed E-state index contributed by atoms with van der Waals surface area (Å²) in [4.78, 5) is 22.2. The SMILES string of the molecule is C[C@@H](NC(=O)c1cc2cc(F)ccc2o1)C(=O)O. The zero-order valence-corrected chi connectivity index (χ0v) is 9.44. The largest absolute Gasteiger partial charge is 0.480 e. The van der Waals surface area contributed by atoms with E-state index < -0.39 is 23.7 Å². The van der Waals surface area contributed by atoms with Gasteiger partial charge in [0.15, 0.2) is 5.76 Å². The number of benzene rings is 1. The number of aliphatic carboxylic acids is 1. The summed E-state index contributed by atoms with van der Waals surface area (Å²) in [5.41, 5.74) is 0.365. The first-order valence-corrected chi connectivity index (χ1v) is 5.20. The maximum absolute atomic E-state index is 12.9. The highest BCUT2D eigenvalue weighted by Crippen LogP contribution is 2.20. The topological polar surface area (TPSA) is 79.5 Å². The molecule has 0 saturated carbocycles. The first kappa shape index (κ1) is 12.1. The van der Waals surface area contributed by atoms with Crippen LogP contribution >= 0.6 is 0 Å². The number of hydrogen-bond donors (Lipinski definition) is 2. The van der Waals surface area contributed by atoms with Gasteiger partial charge in [-0.05, 0) is 31.2 Å². The van der Waals surface area contributed by atoms with Gasteiger partial charge in [0.2, 0.25) is 0 Å². The number of carbonyl (C=O) groups is 2. The Morgan fingerprint density at radius 3 is 2.78 bits per heavy atom. The fourth-order valence-corrected chi connectivity index (χ4v) is 1.46. The number of carbonyl (C=O) groups excluding carboxylic acids is 1. The van der Waals surface area contributed by atoms with Crippen LogP contribution in [0.1, 0.15) is 17.5 Å². The maximum atomic E-state index is 12.9. The first-order valence-electron chi connectivity index (χ1n) is 5.20. The van der Waals surface area contributed by atoms with Gasteiger partial charge in [-0.2, -0.15) is 0 Å². The van der Waals surface area contributed by atoms with Gasteiger partial charge in [-0.25, -0.2) is 4.39 Å². The van der Waals surface area contributed by atoms with Gasteiger partial charge in [-0.3, -0.25) is 9.59 Å². The highest BCUT2D eigenvalue weighted by molar-refractivity contribution is 5.97. The summed E-state index contributed by atoms with van der Waals surface area (Å²) in [5.74, 6) is -2.29. The van der Waals surface area contributed by atoms with Crippen molar-refractivity contribution in [2.24, 2.45) is 0 Å². The zero-order chi connectivity index (χ0) is 13.3. The molecule has 0 spiro atoms. The van der Waals surface area contributed by atoms with E-state index >= 15 is 0 Å². The fourth-order valence-electron chi connectivity index (χ4n) is 1.46. The lowest BCUT2D eigenvalue weighted by Crippen LogP contribution is -2.38. The van der Waals surface area contributed by atoms with Crippen molar-refractivity contribution in [3.8, 4) is 0 Å². The average molecular weight is 251 g/mol. The van der Waals surface area contributed by atoms with Gasteiger partial charge in [0.1, 0.15) is 17.4 Å². The molecule has 6 heteroatoms. The minimum absolute atomic E-state index is 0.0521. The lowest BCUT2D eigenvalue weighted by molar-refractivity contribution is -0.138. The van der Waals surface area contributed by atoms with E-state index in [1.54, 1.807) is 0 Å². The number of halogens is 1. The Hall–Kier alpha value is -2.37. The Bertz CT molecular complexity index is 620. The number of rotatable bonds is 3. The lowest BCUT2D eigenvalue weighted by atomic mass is 10.2. The summed E-state index contributed by atoms with van der Waals surface area (Å²) < 4.78 is 18.1. The Labute approximate surface area is 101 Å². The Kier molecular flexibility index (Phi) is 3.01. The highest BCUT2D eigenvalue weighted by atomic mass is 19.1. The van der Waals surface area contributed by atoms with Gasteiger partial charge in [-0.1, -0.05) is 0 Å². The van der Waals surface area contributed by atoms with E-state index in [-0.39, 0.29) is 5.76 Å². The Morgan fingerprint density at radius 1 is 1.39 bits per heavy atom. The van der Waals surface area contributed by atoms with Gasteiger partial charge in [-0.15, -0.1) is 0 Å².